The molecule has 4 rings (SSSR count). The highest BCUT2D eigenvalue weighted by molar-refractivity contribution is 5.84. The van der Waals surface area contributed by atoms with Crippen LogP contribution in [0.4, 0.5) is 0 Å². The highest BCUT2D eigenvalue weighted by Crippen LogP contribution is 2.33. The summed E-state index contributed by atoms with van der Waals surface area (Å²) in [6, 6.07) is 3.97. The number of carbonyl (C=O) groups is 1. The number of nitrogens with zero attached hydrogens (tertiary/aromatic N) is 2. The fourth-order valence-corrected chi connectivity index (χ4v) is 4.43. The number of fused-ring (bicyclic) bond motifs is 1. The number of aromatic nitrogens is 2. The third-order valence-electron chi connectivity index (χ3n) is 6.07. The summed E-state index contributed by atoms with van der Waals surface area (Å²) in [6.07, 6.45) is 8.67. The Balaban J connectivity index is 1.50. The van der Waals surface area contributed by atoms with Gasteiger partial charge in [-0.05, 0) is 43.2 Å². The van der Waals surface area contributed by atoms with E-state index in [0.717, 1.165) is 41.4 Å². The van der Waals surface area contributed by atoms with Crippen molar-refractivity contribution in [1.29, 1.82) is 0 Å². The first kappa shape index (κ1) is 18.8. The van der Waals surface area contributed by atoms with Gasteiger partial charge < -0.3 is 20.4 Å². The quantitative estimate of drug-likeness (QED) is 0.760. The first-order valence-electron chi connectivity index (χ1n) is 9.83. The van der Waals surface area contributed by atoms with Crippen molar-refractivity contribution in [2.24, 2.45) is 12.8 Å². The molecule has 2 aliphatic rings. The first-order chi connectivity index (χ1) is 13.5. The molecule has 148 valence electrons. The maximum absolute atomic E-state index is 12.7. The summed E-state index contributed by atoms with van der Waals surface area (Å²) >= 11 is 0. The minimum atomic E-state index is -0.358. The predicted molar refractivity (Wildman–Crippen MR) is 107 cm³/mol. The average molecular weight is 382 g/mol. The molecule has 3 heterocycles. The average Bonchev–Trinajstić information content (AvgIpc) is 3.01. The smallest absolute Gasteiger partial charge is 0.326 e. The van der Waals surface area contributed by atoms with E-state index in [1.54, 1.807) is 11.6 Å². The molecule has 7 heteroatoms. The van der Waals surface area contributed by atoms with Gasteiger partial charge in [0.25, 0.3) is 5.91 Å². The van der Waals surface area contributed by atoms with Gasteiger partial charge in [-0.1, -0.05) is 12.0 Å². The lowest BCUT2D eigenvalue weighted by atomic mass is 9.86. The van der Waals surface area contributed by atoms with Crippen LogP contribution in [0.2, 0.25) is 0 Å². The molecule has 1 aromatic carbocycles. The number of aryl methyl sites for hydroxylation is 1. The van der Waals surface area contributed by atoms with Crippen molar-refractivity contribution in [3.8, 4) is 12.3 Å². The van der Waals surface area contributed by atoms with Gasteiger partial charge in [-0.3, -0.25) is 9.36 Å². The number of nitrogens with two attached hydrogens (primary N) is 1. The van der Waals surface area contributed by atoms with E-state index in [0.29, 0.717) is 26.1 Å². The molecule has 1 amide bonds. The second kappa shape index (κ2) is 7.46. The highest BCUT2D eigenvalue weighted by atomic mass is 16.5. The van der Waals surface area contributed by atoms with Crippen LogP contribution in [0.3, 0.4) is 0 Å². The van der Waals surface area contributed by atoms with Gasteiger partial charge in [0.05, 0.1) is 23.2 Å². The van der Waals surface area contributed by atoms with E-state index < -0.39 is 0 Å². The Hall–Kier alpha value is -2.56. The van der Waals surface area contributed by atoms with Crippen molar-refractivity contribution < 1.29 is 9.53 Å². The fraction of sp³-hybridized carbons (Fsp3) is 0.524. The Morgan fingerprint density at radius 1 is 1.29 bits per heavy atom. The molecule has 0 saturated carbocycles. The molecular formula is C21H26N4O3. The topological polar surface area (TPSA) is 93.3 Å². The lowest BCUT2D eigenvalue weighted by Crippen LogP contribution is -2.48. The number of amides is 1. The van der Waals surface area contributed by atoms with Crippen molar-refractivity contribution in [1.82, 2.24) is 14.5 Å². The third kappa shape index (κ3) is 3.23. The lowest BCUT2D eigenvalue weighted by molar-refractivity contribution is -0.148. The van der Waals surface area contributed by atoms with Crippen LogP contribution >= 0.6 is 0 Å². The van der Waals surface area contributed by atoms with Gasteiger partial charge in [0, 0.05) is 26.2 Å². The SMILES string of the molecule is C#Cc1c(C2CCN(C(=O)C3CCC(N)CO3)CC2)ccc2[nH]c(=O)n(C)c12. The number of hydrogen-bond acceptors (Lipinski definition) is 4. The second-order valence-corrected chi connectivity index (χ2v) is 7.82. The lowest BCUT2D eigenvalue weighted by Gasteiger charge is -2.36. The molecule has 2 fully saturated rings. The van der Waals surface area contributed by atoms with E-state index in [9.17, 15) is 9.59 Å². The minimum absolute atomic E-state index is 0.0382. The van der Waals surface area contributed by atoms with E-state index >= 15 is 0 Å². The molecule has 0 bridgehead atoms. The van der Waals surface area contributed by atoms with E-state index in [2.05, 4.69) is 10.9 Å². The van der Waals surface area contributed by atoms with Crippen LogP contribution in [0.25, 0.3) is 11.0 Å². The van der Waals surface area contributed by atoms with Crippen LogP contribution in [0.5, 0.6) is 0 Å². The molecular weight excluding hydrogens is 356 g/mol. The molecule has 2 unspecified atom stereocenters. The number of rotatable bonds is 2. The monoisotopic (exact) mass is 382 g/mol. The summed E-state index contributed by atoms with van der Waals surface area (Å²) < 4.78 is 7.21. The molecule has 2 atom stereocenters. The van der Waals surface area contributed by atoms with E-state index in [1.807, 2.05) is 17.0 Å². The normalized spacial score (nSPS) is 23.7. The van der Waals surface area contributed by atoms with Crippen molar-refractivity contribution in [3.63, 3.8) is 0 Å². The van der Waals surface area contributed by atoms with Gasteiger partial charge >= 0.3 is 5.69 Å². The van der Waals surface area contributed by atoms with Gasteiger partial charge in [-0.25, -0.2) is 4.79 Å². The van der Waals surface area contributed by atoms with Crippen LogP contribution in [0.15, 0.2) is 16.9 Å². The van der Waals surface area contributed by atoms with E-state index in [-0.39, 0.29) is 29.7 Å². The number of imidazole rings is 1. The molecule has 0 spiro atoms. The maximum atomic E-state index is 12.7. The van der Waals surface area contributed by atoms with Crippen LogP contribution in [0.1, 0.15) is 42.7 Å². The van der Waals surface area contributed by atoms with Gasteiger partial charge in [-0.15, -0.1) is 6.42 Å². The Morgan fingerprint density at radius 2 is 2.04 bits per heavy atom. The standard InChI is InChI=1S/C21H26N4O3/c1-3-15-16(5-6-17-19(15)24(2)21(27)23-17)13-8-10-25(11-9-13)20(26)18-7-4-14(22)12-28-18/h1,5-6,13-14,18H,4,7-12,22H2,2H3,(H,23,27). The molecule has 28 heavy (non-hydrogen) atoms. The number of nitrogens with one attached hydrogen (secondary N) is 1. The van der Waals surface area contributed by atoms with Gasteiger partial charge in [-0.2, -0.15) is 0 Å². The summed E-state index contributed by atoms with van der Waals surface area (Å²) in [6.45, 7) is 1.82. The molecule has 2 saturated heterocycles. The van der Waals surface area contributed by atoms with E-state index in [1.165, 1.54) is 0 Å². The fourth-order valence-electron chi connectivity index (χ4n) is 4.43. The van der Waals surface area contributed by atoms with Gasteiger partial charge in [0.1, 0.15) is 6.10 Å². The number of likely N-dealkylation sites (tertiary alicyclic amines) is 1. The summed E-state index contributed by atoms with van der Waals surface area (Å²) in [7, 11) is 1.73. The molecule has 7 nitrogen and oxygen atoms in total. The minimum Gasteiger partial charge on any atom is -0.367 e. The van der Waals surface area contributed by atoms with Gasteiger partial charge in [0.15, 0.2) is 0 Å². The first-order valence-corrected chi connectivity index (χ1v) is 9.83. The van der Waals surface area contributed by atoms with E-state index in [4.69, 9.17) is 16.9 Å². The number of hydrogen-bond donors (Lipinski definition) is 2. The van der Waals surface area contributed by atoms with Crippen LogP contribution < -0.4 is 11.4 Å². The Morgan fingerprint density at radius 3 is 2.68 bits per heavy atom. The number of aromatic amines is 1. The number of piperidine rings is 1. The molecule has 2 aliphatic heterocycles. The zero-order chi connectivity index (χ0) is 19.8. The largest absolute Gasteiger partial charge is 0.367 e. The Kier molecular flexibility index (Phi) is 5.00. The van der Waals surface area contributed by atoms with Crippen LogP contribution in [0, 0.1) is 12.3 Å². The maximum Gasteiger partial charge on any atom is 0.326 e. The second-order valence-electron chi connectivity index (χ2n) is 7.82. The zero-order valence-electron chi connectivity index (χ0n) is 16.1. The number of benzene rings is 1. The summed E-state index contributed by atoms with van der Waals surface area (Å²) in [5, 5.41) is 0. The van der Waals surface area contributed by atoms with Crippen LogP contribution in [-0.2, 0) is 16.6 Å². The summed E-state index contributed by atoms with van der Waals surface area (Å²) in [5.41, 5.74) is 9.06. The molecule has 1 aromatic heterocycles. The molecule has 3 N–H and O–H groups in total. The van der Waals surface area contributed by atoms with Crippen LogP contribution in [-0.4, -0.2) is 52.2 Å². The Bertz CT molecular complexity index is 983. The number of terminal acetylenes is 1. The number of H-pyrrole nitrogens is 1. The van der Waals surface area contributed by atoms with Crippen molar-refractivity contribution in [3.05, 3.63) is 33.7 Å². The summed E-state index contributed by atoms with van der Waals surface area (Å²) in [4.78, 5) is 29.4. The predicted octanol–water partition coefficient (Wildman–Crippen LogP) is 1.06. The number of ether oxygens (including phenoxy) is 1. The van der Waals surface area contributed by atoms with Crippen molar-refractivity contribution in [2.45, 2.75) is 43.7 Å². The molecule has 0 radical (unpaired) electrons. The molecule has 0 aliphatic carbocycles. The summed E-state index contributed by atoms with van der Waals surface area (Å²) in [5.74, 6) is 3.13. The van der Waals surface area contributed by atoms with Crippen molar-refractivity contribution in [2.75, 3.05) is 19.7 Å². The third-order valence-corrected chi connectivity index (χ3v) is 6.07. The zero-order valence-corrected chi connectivity index (χ0v) is 16.1. The van der Waals surface area contributed by atoms with Crippen molar-refractivity contribution >= 4 is 16.9 Å². The molecule has 2 aromatic rings. The highest BCUT2D eigenvalue weighted by Gasteiger charge is 2.32. The number of carbonyl (C=O) groups excluding carboxylic acids is 1. The Labute approximate surface area is 163 Å². The van der Waals surface area contributed by atoms with Gasteiger partial charge in [0.2, 0.25) is 0 Å².